The van der Waals surface area contributed by atoms with E-state index in [0.29, 0.717) is 5.02 Å². The number of methoxy groups -OCH3 is 1. The second-order valence-corrected chi connectivity index (χ2v) is 9.43. The molecule has 0 radical (unpaired) electrons. The Morgan fingerprint density at radius 1 is 1.05 bits per heavy atom. The molecule has 0 saturated carbocycles. The number of rotatable bonds is 9. The van der Waals surface area contributed by atoms with Gasteiger partial charge in [0, 0.05) is 29.6 Å². The zero-order valence-corrected chi connectivity index (χ0v) is 22.3. The zero-order valence-electron chi connectivity index (χ0n) is 20.8. The summed E-state index contributed by atoms with van der Waals surface area (Å²) in [6.07, 6.45) is -0.162. The van der Waals surface area contributed by atoms with Gasteiger partial charge in [0.15, 0.2) is 12.4 Å². The molecule has 1 saturated heterocycles. The van der Waals surface area contributed by atoms with E-state index in [2.05, 4.69) is 0 Å². The van der Waals surface area contributed by atoms with Crippen LogP contribution in [0.1, 0.15) is 27.1 Å². The lowest BCUT2D eigenvalue weighted by Crippen LogP contribution is -2.27. The number of Topliss-reactive ketones (excluding diaryl/α,β-unsaturated/α-hetero) is 1. The maximum atomic E-state index is 12.6. The number of carbonyl (C=O) groups is 4. The summed E-state index contributed by atoms with van der Waals surface area (Å²) in [6.45, 7) is -0.610. The number of non-ortho nitro benzene ring substituents is 1. The summed E-state index contributed by atoms with van der Waals surface area (Å²) in [4.78, 5) is 61.8. The van der Waals surface area contributed by atoms with Gasteiger partial charge < -0.3 is 19.1 Å². The Bertz CT molecular complexity index is 1510. The number of anilines is 1. The number of benzene rings is 3. The first kappa shape index (κ1) is 28.5. The summed E-state index contributed by atoms with van der Waals surface area (Å²) in [5.74, 6) is -2.93. The highest BCUT2D eigenvalue weighted by molar-refractivity contribution is 6.36. The molecule has 0 bridgehead atoms. The first-order valence-corrected chi connectivity index (χ1v) is 12.4. The lowest BCUT2D eigenvalue weighted by molar-refractivity contribution is -0.384. The summed E-state index contributed by atoms with van der Waals surface area (Å²) in [5, 5.41) is 11.5. The van der Waals surface area contributed by atoms with Crippen molar-refractivity contribution in [1.82, 2.24) is 0 Å². The predicted octanol–water partition coefficient (Wildman–Crippen LogP) is 4.91. The summed E-state index contributed by atoms with van der Waals surface area (Å²) in [7, 11) is 1.31. The average Bonchev–Trinajstić information content (AvgIpc) is 3.32. The van der Waals surface area contributed by atoms with Crippen molar-refractivity contribution in [1.29, 1.82) is 0 Å². The molecule has 1 amide bonds. The van der Waals surface area contributed by atoms with Crippen molar-refractivity contribution in [3.05, 3.63) is 92.0 Å². The van der Waals surface area contributed by atoms with Crippen molar-refractivity contribution >= 4 is 58.2 Å². The van der Waals surface area contributed by atoms with Crippen LogP contribution in [0.5, 0.6) is 11.5 Å². The summed E-state index contributed by atoms with van der Waals surface area (Å²) >= 11 is 11.9. The molecule has 11 nitrogen and oxygen atoms in total. The molecule has 3 aromatic carbocycles. The number of nitro benzene ring substituents is 1. The third kappa shape index (κ3) is 6.38. The van der Waals surface area contributed by atoms with Gasteiger partial charge in [-0.25, -0.2) is 4.79 Å². The highest BCUT2D eigenvalue weighted by Crippen LogP contribution is 2.36. The molecule has 0 unspecified atom stereocenters. The van der Waals surface area contributed by atoms with Crippen LogP contribution in [0.25, 0.3) is 0 Å². The third-order valence-corrected chi connectivity index (χ3v) is 6.55. The minimum atomic E-state index is -0.846. The van der Waals surface area contributed by atoms with Crippen molar-refractivity contribution in [3.63, 3.8) is 0 Å². The Labute approximate surface area is 237 Å². The van der Waals surface area contributed by atoms with E-state index in [-0.39, 0.29) is 52.0 Å². The summed E-state index contributed by atoms with van der Waals surface area (Å²) < 4.78 is 15.6. The van der Waals surface area contributed by atoms with Crippen LogP contribution in [-0.2, 0) is 14.3 Å². The predicted molar refractivity (Wildman–Crippen MR) is 143 cm³/mol. The average molecular weight is 587 g/mol. The number of hydrogen-bond donors (Lipinski definition) is 0. The van der Waals surface area contributed by atoms with Crippen molar-refractivity contribution in [2.24, 2.45) is 5.92 Å². The van der Waals surface area contributed by atoms with Gasteiger partial charge in [0.05, 0.1) is 40.3 Å². The van der Waals surface area contributed by atoms with Gasteiger partial charge in [0.25, 0.3) is 5.69 Å². The number of nitro groups is 1. The molecule has 4 rings (SSSR count). The summed E-state index contributed by atoms with van der Waals surface area (Å²) in [6, 6.07) is 13.8. The van der Waals surface area contributed by atoms with Gasteiger partial charge in [0.1, 0.15) is 11.5 Å². The Hall–Kier alpha value is -4.48. The highest BCUT2D eigenvalue weighted by Gasteiger charge is 2.37. The van der Waals surface area contributed by atoms with Crippen LogP contribution >= 0.6 is 23.2 Å². The first-order chi connectivity index (χ1) is 19.1. The van der Waals surface area contributed by atoms with Crippen LogP contribution in [0.15, 0.2) is 60.7 Å². The molecule has 0 N–H and O–H groups in total. The second kappa shape index (κ2) is 12.1. The fourth-order valence-electron chi connectivity index (χ4n) is 3.96. The lowest BCUT2D eigenvalue weighted by Gasteiger charge is -2.19. The van der Waals surface area contributed by atoms with Crippen molar-refractivity contribution in [2.45, 2.75) is 6.42 Å². The topological polar surface area (TPSA) is 142 Å². The van der Waals surface area contributed by atoms with Crippen LogP contribution < -0.4 is 14.4 Å². The minimum absolute atomic E-state index is 0.0439. The Balaban J connectivity index is 1.32. The molecule has 1 aliphatic heterocycles. The van der Waals surface area contributed by atoms with Gasteiger partial charge in [-0.05, 0) is 48.5 Å². The lowest BCUT2D eigenvalue weighted by atomic mass is 10.1. The quantitative estimate of drug-likeness (QED) is 0.112. The van der Waals surface area contributed by atoms with E-state index in [1.807, 2.05) is 0 Å². The van der Waals surface area contributed by atoms with E-state index in [1.54, 1.807) is 0 Å². The smallest absolute Gasteiger partial charge is 0.345 e. The fourth-order valence-corrected chi connectivity index (χ4v) is 4.45. The number of carbonyl (C=O) groups excluding carboxylic acids is 4. The van der Waals surface area contributed by atoms with E-state index in [9.17, 15) is 29.3 Å². The van der Waals surface area contributed by atoms with Crippen LogP contribution in [0.3, 0.4) is 0 Å². The molecular weight excluding hydrogens is 567 g/mol. The maximum Gasteiger partial charge on any atom is 0.345 e. The van der Waals surface area contributed by atoms with Crippen LogP contribution in [-0.4, -0.2) is 48.8 Å². The van der Waals surface area contributed by atoms with Gasteiger partial charge in [-0.2, -0.15) is 0 Å². The number of esters is 2. The minimum Gasteiger partial charge on any atom is -0.494 e. The van der Waals surface area contributed by atoms with Crippen molar-refractivity contribution in [3.8, 4) is 11.5 Å². The molecule has 0 spiro atoms. The van der Waals surface area contributed by atoms with E-state index in [1.165, 1.54) is 72.7 Å². The largest absolute Gasteiger partial charge is 0.494 e. The van der Waals surface area contributed by atoms with Gasteiger partial charge >= 0.3 is 11.9 Å². The number of halogens is 2. The molecule has 1 atom stereocenters. The van der Waals surface area contributed by atoms with Gasteiger partial charge in [-0.1, -0.05) is 23.2 Å². The first-order valence-electron chi connectivity index (χ1n) is 11.7. The number of ether oxygens (including phenoxy) is 3. The van der Waals surface area contributed by atoms with Gasteiger partial charge in [-0.3, -0.25) is 24.5 Å². The highest BCUT2D eigenvalue weighted by atomic mass is 35.5. The zero-order chi connectivity index (χ0) is 29.0. The van der Waals surface area contributed by atoms with Crippen molar-refractivity contribution in [2.75, 3.05) is 25.2 Å². The van der Waals surface area contributed by atoms with E-state index >= 15 is 0 Å². The maximum absolute atomic E-state index is 12.6. The number of amides is 1. The molecular formula is C27H20Cl2N2O9. The Kier molecular flexibility index (Phi) is 8.66. The normalized spacial score (nSPS) is 14.5. The Morgan fingerprint density at radius 3 is 2.42 bits per heavy atom. The molecule has 206 valence electrons. The monoisotopic (exact) mass is 586 g/mol. The van der Waals surface area contributed by atoms with Crippen molar-refractivity contribution < 1.29 is 38.3 Å². The number of hydrogen-bond acceptors (Lipinski definition) is 9. The molecule has 40 heavy (non-hydrogen) atoms. The standard InChI is InChI=1S/C27H20Cl2N2O9/c1-38-24-12-18(31(36)37)5-9-22(24)30-13-16(10-25(30)33)26(34)39-14-23(32)15-2-6-19(7-3-15)40-27(35)20-8-4-17(28)11-21(20)29/h2-9,11-12,16H,10,13-14H2,1H3/t16-/m1/s1. The van der Waals surface area contributed by atoms with E-state index in [0.717, 1.165) is 0 Å². The molecule has 1 fully saturated rings. The van der Waals surface area contributed by atoms with Crippen LogP contribution in [0.2, 0.25) is 10.0 Å². The van der Waals surface area contributed by atoms with E-state index < -0.39 is 41.1 Å². The summed E-state index contributed by atoms with van der Waals surface area (Å²) in [5.41, 5.74) is 0.397. The number of ketones is 1. The van der Waals surface area contributed by atoms with Crippen LogP contribution in [0.4, 0.5) is 11.4 Å². The second-order valence-electron chi connectivity index (χ2n) is 8.59. The number of nitrogens with zero attached hydrogens (tertiary/aromatic N) is 2. The molecule has 1 aliphatic rings. The van der Waals surface area contributed by atoms with Gasteiger partial charge in [0.2, 0.25) is 5.91 Å². The van der Waals surface area contributed by atoms with Crippen LogP contribution in [0, 0.1) is 16.0 Å². The Morgan fingerprint density at radius 2 is 1.77 bits per heavy atom. The molecule has 0 aliphatic carbocycles. The molecule has 3 aromatic rings. The molecule has 1 heterocycles. The van der Waals surface area contributed by atoms with E-state index in [4.69, 9.17) is 37.4 Å². The third-order valence-electron chi connectivity index (χ3n) is 6.01. The molecule has 13 heteroatoms. The molecule has 0 aromatic heterocycles. The SMILES string of the molecule is COc1cc([N+](=O)[O-])ccc1N1C[C@H](C(=O)OCC(=O)c2ccc(OC(=O)c3ccc(Cl)cc3Cl)cc2)CC1=O. The fraction of sp³-hybridized carbons (Fsp3) is 0.185. The van der Waals surface area contributed by atoms with Gasteiger partial charge in [-0.15, -0.1) is 0 Å².